The summed E-state index contributed by atoms with van der Waals surface area (Å²) in [6.07, 6.45) is 1.55. The van der Waals surface area contributed by atoms with Gasteiger partial charge < -0.3 is 9.47 Å². The second-order valence-corrected chi connectivity index (χ2v) is 9.23. The molecule has 0 saturated heterocycles. The predicted octanol–water partition coefficient (Wildman–Crippen LogP) is 4.09. The topological polar surface area (TPSA) is 85.7 Å². The van der Waals surface area contributed by atoms with Gasteiger partial charge in [-0.05, 0) is 29.3 Å². The van der Waals surface area contributed by atoms with Crippen molar-refractivity contribution in [1.82, 2.24) is 15.6 Å². The summed E-state index contributed by atoms with van der Waals surface area (Å²) in [6.45, 7) is 0. The molecule has 30 heavy (non-hydrogen) atoms. The molecule has 0 unspecified atom stereocenters. The number of nitrogens with one attached hydrogen (secondary N) is 1. The van der Waals surface area contributed by atoms with Gasteiger partial charge in [0.2, 0.25) is 0 Å². The average molecular weight is 461 g/mol. The zero-order chi connectivity index (χ0) is 21.2. The van der Waals surface area contributed by atoms with Crippen LogP contribution < -0.4 is 14.9 Å². The normalized spacial score (nSPS) is 10.9. The van der Waals surface area contributed by atoms with Crippen LogP contribution in [-0.2, 0) is 10.5 Å². The van der Waals surface area contributed by atoms with Crippen molar-refractivity contribution in [3.8, 4) is 11.5 Å². The van der Waals surface area contributed by atoms with Crippen LogP contribution >= 0.6 is 34.9 Å². The van der Waals surface area contributed by atoms with Gasteiger partial charge >= 0.3 is 0 Å². The second-order valence-electron chi connectivity index (χ2n) is 5.80. The zero-order valence-corrected chi connectivity index (χ0v) is 18.9. The smallest absolute Gasteiger partial charge is 0.250 e. The fourth-order valence-electron chi connectivity index (χ4n) is 2.30. The van der Waals surface area contributed by atoms with E-state index in [0.29, 0.717) is 11.5 Å². The Morgan fingerprint density at radius 3 is 2.53 bits per heavy atom. The van der Waals surface area contributed by atoms with Crippen LogP contribution in [0.25, 0.3) is 0 Å². The number of aromatic nitrogens is 2. The molecule has 1 aromatic heterocycles. The molecule has 0 radical (unpaired) electrons. The fourth-order valence-corrected chi connectivity index (χ4v) is 5.07. The Morgan fingerprint density at radius 1 is 1.07 bits per heavy atom. The highest BCUT2D eigenvalue weighted by atomic mass is 32.2. The molecule has 2 aromatic carbocycles. The summed E-state index contributed by atoms with van der Waals surface area (Å²) in [6, 6.07) is 15.6. The molecule has 0 aliphatic rings. The molecular formula is C20H20N4O3S3. The third-order valence-corrected chi connectivity index (χ3v) is 6.99. The molecule has 0 atom stereocenters. The summed E-state index contributed by atoms with van der Waals surface area (Å²) < 4.78 is 12.1. The number of thioether (sulfide) groups is 2. The molecule has 0 spiro atoms. The Hall–Kier alpha value is -2.56. The van der Waals surface area contributed by atoms with E-state index in [4.69, 9.17) is 9.47 Å². The quantitative estimate of drug-likeness (QED) is 0.277. The maximum absolute atomic E-state index is 12.0. The third kappa shape index (κ3) is 6.75. The highest BCUT2D eigenvalue weighted by molar-refractivity contribution is 8.03. The molecule has 0 aliphatic heterocycles. The summed E-state index contributed by atoms with van der Waals surface area (Å²) in [7, 11) is 3.14. The molecule has 7 nitrogen and oxygen atoms in total. The minimum absolute atomic E-state index is 0.210. The molecule has 1 heterocycles. The minimum atomic E-state index is -0.217. The summed E-state index contributed by atoms with van der Waals surface area (Å²) in [5.74, 6) is 2.06. The molecule has 156 valence electrons. The number of amides is 1. The van der Waals surface area contributed by atoms with E-state index in [1.54, 1.807) is 44.3 Å². The maximum Gasteiger partial charge on any atom is 0.250 e. The van der Waals surface area contributed by atoms with Crippen molar-refractivity contribution >= 4 is 47.0 Å². The highest BCUT2D eigenvalue weighted by Gasteiger charge is 2.09. The fraction of sp³-hybridized carbons (Fsp3) is 0.200. The summed E-state index contributed by atoms with van der Waals surface area (Å²) in [5.41, 5.74) is 4.53. The Balaban J connectivity index is 1.42. The van der Waals surface area contributed by atoms with E-state index in [2.05, 4.69) is 32.9 Å². The third-order valence-electron chi connectivity index (χ3n) is 3.73. The van der Waals surface area contributed by atoms with Gasteiger partial charge in [-0.3, -0.25) is 4.79 Å². The lowest BCUT2D eigenvalue weighted by molar-refractivity contribution is -0.118. The molecule has 1 amide bonds. The van der Waals surface area contributed by atoms with Crippen LogP contribution in [0, 0.1) is 0 Å². The minimum Gasteiger partial charge on any atom is -0.493 e. The van der Waals surface area contributed by atoms with Crippen LogP contribution in [0.15, 0.2) is 62.3 Å². The van der Waals surface area contributed by atoms with E-state index in [0.717, 1.165) is 20.0 Å². The Labute approximate surface area is 187 Å². The molecular weight excluding hydrogens is 440 g/mol. The van der Waals surface area contributed by atoms with Crippen LogP contribution in [0.1, 0.15) is 11.1 Å². The number of hydrogen-bond acceptors (Lipinski definition) is 9. The van der Waals surface area contributed by atoms with Gasteiger partial charge in [0.15, 0.2) is 20.2 Å². The monoisotopic (exact) mass is 460 g/mol. The Morgan fingerprint density at radius 2 is 1.80 bits per heavy atom. The zero-order valence-electron chi connectivity index (χ0n) is 16.4. The van der Waals surface area contributed by atoms with Crippen molar-refractivity contribution in [2.45, 2.75) is 14.4 Å². The van der Waals surface area contributed by atoms with Gasteiger partial charge in [-0.15, -0.1) is 10.2 Å². The molecule has 0 fully saturated rings. The van der Waals surface area contributed by atoms with Gasteiger partial charge in [0.25, 0.3) is 5.91 Å². The van der Waals surface area contributed by atoms with Crippen molar-refractivity contribution < 1.29 is 14.3 Å². The highest BCUT2D eigenvalue weighted by Crippen LogP contribution is 2.30. The first kappa shape index (κ1) is 22.1. The largest absolute Gasteiger partial charge is 0.493 e. The van der Waals surface area contributed by atoms with Crippen molar-refractivity contribution in [2.24, 2.45) is 5.10 Å². The lowest BCUT2D eigenvalue weighted by Gasteiger charge is -2.07. The van der Waals surface area contributed by atoms with Gasteiger partial charge in [-0.25, -0.2) is 5.43 Å². The predicted molar refractivity (Wildman–Crippen MR) is 122 cm³/mol. The van der Waals surface area contributed by atoms with Crippen LogP contribution in [0.3, 0.4) is 0 Å². The van der Waals surface area contributed by atoms with Crippen molar-refractivity contribution in [1.29, 1.82) is 0 Å². The lowest BCUT2D eigenvalue weighted by atomic mass is 10.2. The number of ether oxygens (including phenoxy) is 2. The molecule has 1 N–H and O–H groups in total. The van der Waals surface area contributed by atoms with Crippen molar-refractivity contribution in [3.63, 3.8) is 0 Å². The average Bonchev–Trinajstić information content (AvgIpc) is 3.25. The van der Waals surface area contributed by atoms with Gasteiger partial charge in [0.05, 0.1) is 26.2 Å². The van der Waals surface area contributed by atoms with Crippen LogP contribution in [0.5, 0.6) is 11.5 Å². The van der Waals surface area contributed by atoms with Crippen molar-refractivity contribution in [2.75, 3.05) is 20.0 Å². The molecule has 10 heteroatoms. The second kappa shape index (κ2) is 11.6. The molecule has 0 saturated carbocycles. The first-order valence-corrected chi connectivity index (χ1v) is 11.6. The number of benzene rings is 2. The van der Waals surface area contributed by atoms with Gasteiger partial charge in [0, 0.05) is 5.75 Å². The van der Waals surface area contributed by atoms with E-state index in [1.807, 2.05) is 24.3 Å². The standard InChI is InChI=1S/C20H20N4O3S3/c1-26-16-9-8-15(10-17(16)27-2)11-21-22-18(25)13-29-20-24-23-19(30-20)28-12-14-6-4-3-5-7-14/h3-11H,12-13H2,1-2H3,(H,22,25)/b21-11+. The van der Waals surface area contributed by atoms with E-state index in [-0.39, 0.29) is 11.7 Å². The molecule has 3 rings (SSSR count). The number of rotatable bonds is 10. The lowest BCUT2D eigenvalue weighted by Crippen LogP contribution is -2.19. The van der Waals surface area contributed by atoms with Crippen LogP contribution in [0.2, 0.25) is 0 Å². The van der Waals surface area contributed by atoms with E-state index >= 15 is 0 Å². The number of carbonyl (C=O) groups excluding carboxylic acids is 1. The number of hydrogen-bond donors (Lipinski definition) is 1. The Bertz CT molecular complexity index is 996. The number of methoxy groups -OCH3 is 2. The molecule has 0 aliphatic carbocycles. The number of hydrazone groups is 1. The van der Waals surface area contributed by atoms with Crippen LogP contribution in [0.4, 0.5) is 0 Å². The van der Waals surface area contributed by atoms with Gasteiger partial charge in [-0.2, -0.15) is 5.10 Å². The summed E-state index contributed by atoms with van der Waals surface area (Å²) in [5, 5.41) is 12.3. The van der Waals surface area contributed by atoms with E-state index in [1.165, 1.54) is 28.7 Å². The van der Waals surface area contributed by atoms with Crippen LogP contribution in [-0.4, -0.2) is 42.3 Å². The van der Waals surface area contributed by atoms with Crippen molar-refractivity contribution in [3.05, 3.63) is 59.7 Å². The first-order valence-electron chi connectivity index (χ1n) is 8.85. The Kier molecular flexibility index (Phi) is 8.54. The van der Waals surface area contributed by atoms with Gasteiger partial charge in [-0.1, -0.05) is 65.2 Å². The first-order chi connectivity index (χ1) is 14.7. The summed E-state index contributed by atoms with van der Waals surface area (Å²) >= 11 is 4.45. The SMILES string of the molecule is COc1ccc(/C=N/NC(=O)CSc2nnc(SCc3ccccc3)s2)cc1OC. The maximum atomic E-state index is 12.0. The van der Waals surface area contributed by atoms with E-state index in [9.17, 15) is 4.79 Å². The summed E-state index contributed by atoms with van der Waals surface area (Å²) in [4.78, 5) is 12.0. The van der Waals surface area contributed by atoms with E-state index < -0.39 is 0 Å². The van der Waals surface area contributed by atoms with Gasteiger partial charge in [0.1, 0.15) is 0 Å². The number of carbonyl (C=O) groups is 1. The molecule has 3 aromatic rings. The molecule has 0 bridgehead atoms. The number of nitrogens with zero attached hydrogens (tertiary/aromatic N) is 3.